The maximum atomic E-state index is 12.4. The molecular weight excluding hydrogens is 339 g/mol. The summed E-state index contributed by atoms with van der Waals surface area (Å²) in [4.78, 5) is 10.8. The van der Waals surface area contributed by atoms with Gasteiger partial charge in [0.2, 0.25) is 10.0 Å². The van der Waals surface area contributed by atoms with Crippen LogP contribution in [0.25, 0.3) is 0 Å². The summed E-state index contributed by atoms with van der Waals surface area (Å²) >= 11 is 11.9. The van der Waals surface area contributed by atoms with E-state index in [9.17, 15) is 13.2 Å². The van der Waals surface area contributed by atoms with Gasteiger partial charge in [0.05, 0.1) is 17.2 Å². The molecule has 1 aromatic rings. The molecule has 0 saturated heterocycles. The van der Waals surface area contributed by atoms with Crippen LogP contribution in [0.3, 0.4) is 0 Å². The van der Waals surface area contributed by atoms with Crippen LogP contribution in [0.4, 0.5) is 5.69 Å². The van der Waals surface area contributed by atoms with Crippen molar-refractivity contribution in [3.8, 4) is 0 Å². The van der Waals surface area contributed by atoms with Crippen molar-refractivity contribution in [2.75, 3.05) is 26.4 Å². The topological polar surface area (TPSA) is 89.7 Å². The lowest BCUT2D eigenvalue weighted by molar-refractivity contribution is -0.140. The van der Waals surface area contributed by atoms with Crippen molar-refractivity contribution in [1.82, 2.24) is 4.31 Å². The number of nitrogens with two attached hydrogens (primary N) is 1. The number of sulfonamides is 1. The van der Waals surface area contributed by atoms with Crippen LogP contribution in [0.2, 0.25) is 10.0 Å². The van der Waals surface area contributed by atoms with Crippen LogP contribution in [-0.2, 0) is 19.6 Å². The van der Waals surface area contributed by atoms with E-state index in [4.69, 9.17) is 28.9 Å². The minimum Gasteiger partial charge on any atom is -0.469 e. The first-order valence-corrected chi connectivity index (χ1v) is 8.17. The molecule has 0 unspecified atom stereocenters. The fourth-order valence-corrected chi connectivity index (χ4v) is 4.03. The van der Waals surface area contributed by atoms with Crippen molar-refractivity contribution in [2.45, 2.75) is 17.7 Å². The van der Waals surface area contributed by atoms with E-state index in [-0.39, 0.29) is 33.6 Å². The summed E-state index contributed by atoms with van der Waals surface area (Å²) < 4.78 is 30.4. The van der Waals surface area contributed by atoms with Gasteiger partial charge in [0.15, 0.2) is 0 Å². The normalized spacial score (nSPS) is 11.7. The van der Waals surface area contributed by atoms with Gasteiger partial charge in [-0.3, -0.25) is 4.79 Å². The summed E-state index contributed by atoms with van der Waals surface area (Å²) in [5, 5.41) is -0.0837. The number of hydrogen-bond acceptors (Lipinski definition) is 5. The summed E-state index contributed by atoms with van der Waals surface area (Å²) in [7, 11) is -1.20. The molecular formula is C12H16Cl2N2O4S. The number of carbonyl (C=O) groups is 1. The largest absolute Gasteiger partial charge is 0.469 e. The number of nitrogen functional groups attached to an aromatic ring is 1. The Bertz CT molecular complexity index is 611. The number of carbonyl (C=O) groups excluding carboxylic acids is 1. The number of ether oxygens (including phenoxy) is 1. The number of methoxy groups -OCH3 is 1. The number of nitrogens with zero attached hydrogens (tertiary/aromatic N) is 1. The van der Waals surface area contributed by atoms with E-state index in [1.807, 2.05) is 0 Å². The van der Waals surface area contributed by atoms with Crippen LogP contribution >= 0.6 is 23.2 Å². The molecule has 0 fully saturated rings. The first-order valence-electron chi connectivity index (χ1n) is 5.97. The SMILES string of the molecule is COC(=O)CCCN(C)S(=O)(=O)c1c(Cl)cc(N)cc1Cl. The molecule has 0 heterocycles. The van der Waals surface area contributed by atoms with Crippen molar-refractivity contribution >= 4 is 44.9 Å². The molecule has 1 aromatic carbocycles. The number of benzene rings is 1. The summed E-state index contributed by atoms with van der Waals surface area (Å²) in [6, 6.07) is 2.64. The van der Waals surface area contributed by atoms with Crippen LogP contribution in [0.5, 0.6) is 0 Å². The molecule has 1 rings (SSSR count). The van der Waals surface area contributed by atoms with Gasteiger partial charge in [-0.2, -0.15) is 0 Å². The zero-order valence-corrected chi connectivity index (χ0v) is 13.9. The van der Waals surface area contributed by atoms with E-state index in [0.717, 1.165) is 4.31 Å². The molecule has 0 bridgehead atoms. The third-order valence-electron chi connectivity index (χ3n) is 2.77. The smallest absolute Gasteiger partial charge is 0.305 e. The third kappa shape index (κ3) is 4.47. The Balaban J connectivity index is 2.93. The van der Waals surface area contributed by atoms with E-state index < -0.39 is 16.0 Å². The van der Waals surface area contributed by atoms with Gasteiger partial charge in [-0.1, -0.05) is 23.2 Å². The fourth-order valence-electron chi connectivity index (χ4n) is 1.65. The number of halogens is 2. The summed E-state index contributed by atoms with van der Waals surface area (Å²) in [5.74, 6) is -0.399. The lowest BCUT2D eigenvalue weighted by Gasteiger charge is -2.18. The lowest BCUT2D eigenvalue weighted by Crippen LogP contribution is -2.29. The average molecular weight is 355 g/mol. The molecule has 0 aliphatic carbocycles. The molecule has 2 N–H and O–H groups in total. The van der Waals surface area contributed by atoms with Gasteiger partial charge in [0.25, 0.3) is 0 Å². The monoisotopic (exact) mass is 354 g/mol. The van der Waals surface area contributed by atoms with E-state index >= 15 is 0 Å². The van der Waals surface area contributed by atoms with E-state index in [2.05, 4.69) is 4.74 Å². The Labute approximate surface area is 133 Å². The standard InChI is InChI=1S/C12H16Cl2N2O4S/c1-16(5-3-4-11(17)20-2)21(18,19)12-9(13)6-8(15)7-10(12)14/h6-7H,3-5,15H2,1-2H3. The number of anilines is 1. The Morgan fingerprint density at radius 3 is 2.33 bits per heavy atom. The van der Waals surface area contributed by atoms with Crippen LogP contribution < -0.4 is 5.73 Å². The Hall–Kier alpha value is -1.02. The van der Waals surface area contributed by atoms with Gasteiger partial charge >= 0.3 is 5.97 Å². The second kappa shape index (κ2) is 7.31. The molecule has 21 heavy (non-hydrogen) atoms. The van der Waals surface area contributed by atoms with Gasteiger partial charge in [-0.25, -0.2) is 12.7 Å². The second-order valence-corrected chi connectivity index (χ2v) is 7.12. The van der Waals surface area contributed by atoms with Crippen LogP contribution in [0.1, 0.15) is 12.8 Å². The van der Waals surface area contributed by atoms with Crippen molar-refractivity contribution < 1.29 is 17.9 Å². The number of hydrogen-bond donors (Lipinski definition) is 1. The molecule has 0 radical (unpaired) electrons. The van der Waals surface area contributed by atoms with Crippen LogP contribution in [-0.4, -0.2) is 39.4 Å². The van der Waals surface area contributed by atoms with E-state index in [1.165, 1.54) is 26.3 Å². The average Bonchev–Trinajstić information content (AvgIpc) is 2.36. The summed E-state index contributed by atoms with van der Waals surface area (Å²) in [6.45, 7) is 0.133. The highest BCUT2D eigenvalue weighted by Crippen LogP contribution is 2.33. The minimum atomic E-state index is -3.86. The molecule has 0 aliphatic rings. The lowest BCUT2D eigenvalue weighted by atomic mass is 10.3. The zero-order valence-electron chi connectivity index (χ0n) is 11.6. The third-order valence-corrected chi connectivity index (χ3v) is 5.55. The van der Waals surface area contributed by atoms with Gasteiger partial charge < -0.3 is 10.5 Å². The van der Waals surface area contributed by atoms with Gasteiger partial charge in [-0.05, 0) is 18.6 Å². The molecule has 0 aliphatic heterocycles. The van der Waals surface area contributed by atoms with Crippen LogP contribution in [0.15, 0.2) is 17.0 Å². The highest BCUT2D eigenvalue weighted by Gasteiger charge is 2.26. The van der Waals surface area contributed by atoms with E-state index in [0.29, 0.717) is 6.42 Å². The van der Waals surface area contributed by atoms with Crippen molar-refractivity contribution in [3.05, 3.63) is 22.2 Å². The molecule has 118 valence electrons. The molecule has 0 aromatic heterocycles. The minimum absolute atomic E-state index is 0.0418. The zero-order chi connectivity index (χ0) is 16.2. The van der Waals surface area contributed by atoms with Crippen LogP contribution in [0, 0.1) is 0 Å². The van der Waals surface area contributed by atoms with Crippen molar-refractivity contribution in [1.29, 1.82) is 0 Å². The molecule has 0 amide bonds. The Morgan fingerprint density at radius 1 is 1.33 bits per heavy atom. The highest BCUT2D eigenvalue weighted by molar-refractivity contribution is 7.89. The van der Waals surface area contributed by atoms with Gasteiger partial charge in [0, 0.05) is 25.7 Å². The maximum absolute atomic E-state index is 12.4. The predicted molar refractivity (Wildman–Crippen MR) is 81.9 cm³/mol. The van der Waals surface area contributed by atoms with Gasteiger partial charge in [-0.15, -0.1) is 0 Å². The van der Waals surface area contributed by atoms with Crippen molar-refractivity contribution in [3.63, 3.8) is 0 Å². The highest BCUT2D eigenvalue weighted by atomic mass is 35.5. The molecule has 6 nitrogen and oxygen atoms in total. The predicted octanol–water partition coefficient (Wildman–Crippen LogP) is 2.15. The maximum Gasteiger partial charge on any atom is 0.305 e. The summed E-state index contributed by atoms with van der Waals surface area (Å²) in [5.41, 5.74) is 5.82. The molecule has 0 saturated carbocycles. The number of esters is 1. The molecule has 0 atom stereocenters. The second-order valence-electron chi connectivity index (χ2n) is 4.32. The fraction of sp³-hybridized carbons (Fsp3) is 0.417. The Morgan fingerprint density at radius 2 is 1.86 bits per heavy atom. The number of rotatable bonds is 6. The molecule has 9 heteroatoms. The Kier molecular flexibility index (Phi) is 6.27. The first kappa shape index (κ1) is 18.0. The van der Waals surface area contributed by atoms with E-state index in [1.54, 1.807) is 0 Å². The first-order chi connectivity index (χ1) is 9.70. The van der Waals surface area contributed by atoms with Gasteiger partial charge in [0.1, 0.15) is 4.90 Å². The summed E-state index contributed by atoms with van der Waals surface area (Å²) in [6.07, 6.45) is 0.451. The molecule has 0 spiro atoms. The quantitative estimate of drug-likeness (QED) is 0.624. The van der Waals surface area contributed by atoms with Crippen molar-refractivity contribution in [2.24, 2.45) is 0 Å².